The van der Waals surface area contributed by atoms with Gasteiger partial charge in [0.1, 0.15) is 24.8 Å². The summed E-state index contributed by atoms with van der Waals surface area (Å²) >= 11 is 6.19. The van der Waals surface area contributed by atoms with Crippen LogP contribution >= 0.6 is 11.6 Å². The molecule has 5 aromatic carbocycles. The van der Waals surface area contributed by atoms with E-state index in [1.807, 2.05) is 12.1 Å². The molecule has 5 aromatic rings. The average Bonchev–Trinajstić information content (AvgIpc) is 3.46. The zero-order chi connectivity index (χ0) is 33.1. The number of nitrogens with zero attached hydrogens (tertiary/aromatic N) is 2. The molecule has 1 aliphatic heterocycles. The maximum absolute atomic E-state index is 13.2. The minimum absolute atomic E-state index is 0.136. The fraction of sp³-hybridized carbons (Fsp3) is 0.154. The molecule has 2 amide bonds. The van der Waals surface area contributed by atoms with Crippen molar-refractivity contribution in [2.45, 2.75) is 24.5 Å². The lowest BCUT2D eigenvalue weighted by atomic mass is 9.85. The predicted molar refractivity (Wildman–Crippen MR) is 184 cm³/mol. The number of esters is 1. The highest BCUT2D eigenvalue weighted by Gasteiger charge is 2.55. The molecule has 0 radical (unpaired) electrons. The van der Waals surface area contributed by atoms with Crippen molar-refractivity contribution in [2.24, 2.45) is 5.10 Å². The smallest absolute Gasteiger partial charge is 0.345 e. The largest absolute Gasteiger partial charge is 0.489 e. The minimum Gasteiger partial charge on any atom is -0.489 e. The summed E-state index contributed by atoms with van der Waals surface area (Å²) in [7, 11) is 1.30. The average molecular weight is 658 g/mol. The van der Waals surface area contributed by atoms with E-state index in [2.05, 4.69) is 83.2 Å². The molecule has 48 heavy (non-hydrogen) atoms. The van der Waals surface area contributed by atoms with Gasteiger partial charge in [-0.2, -0.15) is 10.1 Å². The van der Waals surface area contributed by atoms with E-state index in [9.17, 15) is 9.59 Å². The SMILES string of the molecule is COC(=O)C12Cc3cc(Cl)ccc3C1=NN(C(=O)Nc1ccc(OCc3ccc(C(c4ccccc4)c4ccccc4)cc3)cc1)CO2. The van der Waals surface area contributed by atoms with E-state index in [4.69, 9.17) is 25.8 Å². The minimum atomic E-state index is -1.43. The van der Waals surface area contributed by atoms with Crippen molar-refractivity contribution in [3.05, 3.63) is 166 Å². The summed E-state index contributed by atoms with van der Waals surface area (Å²) in [5.41, 5.74) is 5.64. The Morgan fingerprint density at radius 2 is 1.52 bits per heavy atom. The molecule has 1 unspecified atom stereocenters. The number of halogens is 1. The van der Waals surface area contributed by atoms with Crippen molar-refractivity contribution in [2.75, 3.05) is 19.2 Å². The second-order valence-corrected chi connectivity index (χ2v) is 12.1. The van der Waals surface area contributed by atoms with Crippen molar-refractivity contribution in [3.63, 3.8) is 0 Å². The van der Waals surface area contributed by atoms with Crippen molar-refractivity contribution < 1.29 is 23.8 Å². The second kappa shape index (κ2) is 13.4. The number of hydrogen-bond donors (Lipinski definition) is 1. The Morgan fingerprint density at radius 1 is 0.875 bits per heavy atom. The zero-order valence-corrected chi connectivity index (χ0v) is 26.9. The Labute approximate surface area is 283 Å². The Morgan fingerprint density at radius 3 is 2.17 bits per heavy atom. The first-order valence-electron chi connectivity index (χ1n) is 15.5. The van der Waals surface area contributed by atoms with E-state index < -0.39 is 17.6 Å². The van der Waals surface area contributed by atoms with Crippen molar-refractivity contribution in [1.29, 1.82) is 0 Å². The van der Waals surface area contributed by atoms with Crippen molar-refractivity contribution >= 4 is 35.0 Å². The molecule has 2 aliphatic rings. The van der Waals surface area contributed by atoms with E-state index in [1.165, 1.54) is 23.8 Å². The summed E-state index contributed by atoms with van der Waals surface area (Å²) in [4.78, 5) is 26.0. The third-order valence-corrected chi connectivity index (χ3v) is 8.87. The van der Waals surface area contributed by atoms with Crippen LogP contribution in [0.2, 0.25) is 5.02 Å². The third-order valence-electron chi connectivity index (χ3n) is 8.64. The first kappa shape index (κ1) is 31.2. The summed E-state index contributed by atoms with van der Waals surface area (Å²) in [5.74, 6) is 0.217. The highest BCUT2D eigenvalue weighted by molar-refractivity contribution is 6.31. The molecule has 1 aliphatic carbocycles. The lowest BCUT2D eigenvalue weighted by Crippen LogP contribution is -2.55. The number of benzene rings is 5. The molecule has 9 heteroatoms. The number of carbonyl (C=O) groups excluding carboxylic acids is 2. The Balaban J connectivity index is 0.995. The summed E-state index contributed by atoms with van der Waals surface area (Å²) in [5, 5.41) is 9.04. The summed E-state index contributed by atoms with van der Waals surface area (Å²) in [6, 6.07) is 41.3. The van der Waals surface area contributed by atoms with Gasteiger partial charge < -0.3 is 19.5 Å². The standard InChI is InChI=1S/C39H32ClN3O5/c1-46-37(44)39-23-30-22-31(40)16-21-34(30)36(39)42-43(25-48-39)38(45)41-32-17-19-33(20-18-32)47-24-26-12-14-29(15-13-26)35(27-8-4-2-5-9-27)28-10-6-3-7-11-28/h2-22,35H,23-25H2,1H3,(H,41,45). The highest BCUT2D eigenvalue weighted by atomic mass is 35.5. The van der Waals surface area contributed by atoms with Gasteiger partial charge in [0.05, 0.1) is 7.11 Å². The van der Waals surface area contributed by atoms with Crippen molar-refractivity contribution in [3.8, 4) is 5.75 Å². The van der Waals surface area contributed by atoms with Crippen LogP contribution in [0.3, 0.4) is 0 Å². The first-order valence-corrected chi connectivity index (χ1v) is 15.9. The van der Waals surface area contributed by atoms with Gasteiger partial charge in [-0.05, 0) is 64.2 Å². The number of hydrogen-bond acceptors (Lipinski definition) is 6. The number of nitrogens with one attached hydrogen (secondary N) is 1. The number of methoxy groups -OCH3 is 1. The van der Waals surface area contributed by atoms with E-state index in [1.54, 1.807) is 42.5 Å². The number of rotatable bonds is 8. The van der Waals surface area contributed by atoms with Crippen LogP contribution in [0.25, 0.3) is 0 Å². The Hall–Kier alpha value is -5.44. The molecule has 1 atom stereocenters. The number of hydrazone groups is 1. The number of ether oxygens (including phenoxy) is 3. The third kappa shape index (κ3) is 6.15. The quantitative estimate of drug-likeness (QED) is 0.136. The van der Waals surface area contributed by atoms with Gasteiger partial charge in [0.15, 0.2) is 0 Å². The first-order chi connectivity index (χ1) is 23.4. The van der Waals surface area contributed by atoms with E-state index in [0.717, 1.165) is 16.1 Å². The lowest BCUT2D eigenvalue weighted by molar-refractivity contribution is -0.165. The van der Waals surface area contributed by atoms with E-state index in [0.29, 0.717) is 34.3 Å². The molecule has 0 aromatic heterocycles. The summed E-state index contributed by atoms with van der Waals surface area (Å²) < 4.78 is 17.1. The Kier molecular flexibility index (Phi) is 8.67. The van der Waals surface area contributed by atoms with E-state index in [-0.39, 0.29) is 19.1 Å². The molecular weight excluding hydrogens is 626 g/mol. The van der Waals surface area contributed by atoms with Crippen LogP contribution in [0.5, 0.6) is 5.75 Å². The van der Waals surface area contributed by atoms with Gasteiger partial charge in [-0.3, -0.25) is 0 Å². The Bertz CT molecular complexity index is 1930. The van der Waals surface area contributed by atoms with Gasteiger partial charge in [-0.25, -0.2) is 9.59 Å². The van der Waals surface area contributed by atoms with Crippen molar-refractivity contribution in [1.82, 2.24) is 5.01 Å². The number of carbonyl (C=O) groups is 2. The molecule has 0 saturated heterocycles. The highest BCUT2D eigenvalue weighted by Crippen LogP contribution is 2.39. The zero-order valence-electron chi connectivity index (χ0n) is 26.1. The monoisotopic (exact) mass is 657 g/mol. The van der Waals surface area contributed by atoms with Crippen LogP contribution in [0.15, 0.2) is 132 Å². The molecule has 7 rings (SSSR count). The fourth-order valence-corrected chi connectivity index (χ4v) is 6.44. The van der Waals surface area contributed by atoms with Gasteiger partial charge in [0.2, 0.25) is 5.60 Å². The van der Waals surface area contributed by atoms with Crippen LogP contribution in [-0.2, 0) is 27.3 Å². The molecule has 0 saturated carbocycles. The predicted octanol–water partition coefficient (Wildman–Crippen LogP) is 7.79. The van der Waals surface area contributed by atoms with Crippen LogP contribution in [0.1, 0.15) is 39.3 Å². The topological polar surface area (TPSA) is 89.5 Å². The number of fused-ring (bicyclic) bond motifs is 3. The fourth-order valence-electron chi connectivity index (χ4n) is 6.24. The molecule has 0 fully saturated rings. The van der Waals surface area contributed by atoms with Gasteiger partial charge in [-0.1, -0.05) is 103 Å². The molecule has 1 heterocycles. The number of amides is 2. The van der Waals surface area contributed by atoms with Gasteiger partial charge in [-0.15, -0.1) is 0 Å². The number of anilines is 1. The molecule has 0 spiro atoms. The van der Waals surface area contributed by atoms with E-state index >= 15 is 0 Å². The lowest BCUT2D eigenvalue weighted by Gasteiger charge is -2.34. The van der Waals surface area contributed by atoms with Crippen LogP contribution in [0, 0.1) is 0 Å². The van der Waals surface area contributed by atoms with Crippen LogP contribution < -0.4 is 10.1 Å². The van der Waals surface area contributed by atoms with Crippen LogP contribution in [0.4, 0.5) is 10.5 Å². The van der Waals surface area contributed by atoms with Gasteiger partial charge >= 0.3 is 12.0 Å². The molecule has 1 N–H and O–H groups in total. The molecular formula is C39H32ClN3O5. The maximum Gasteiger partial charge on any atom is 0.345 e. The van der Waals surface area contributed by atoms with Crippen LogP contribution in [-0.4, -0.2) is 42.2 Å². The van der Waals surface area contributed by atoms with Gasteiger partial charge in [0, 0.05) is 28.6 Å². The summed E-state index contributed by atoms with van der Waals surface area (Å²) in [6.45, 7) is 0.161. The normalized spacial score (nSPS) is 16.5. The molecule has 240 valence electrons. The molecule has 0 bridgehead atoms. The summed E-state index contributed by atoms with van der Waals surface area (Å²) in [6.07, 6.45) is 0.220. The molecule has 8 nitrogen and oxygen atoms in total. The van der Waals surface area contributed by atoms with Gasteiger partial charge in [0.25, 0.3) is 0 Å². The number of urea groups is 1. The maximum atomic E-state index is 13.2. The second-order valence-electron chi connectivity index (χ2n) is 11.7.